The maximum Gasteiger partial charge on any atom is 0.195 e. The highest BCUT2D eigenvalue weighted by molar-refractivity contribution is 5.96. The van der Waals surface area contributed by atoms with Crippen molar-refractivity contribution in [3.8, 4) is 0 Å². The predicted molar refractivity (Wildman–Crippen MR) is 81.2 cm³/mol. The van der Waals surface area contributed by atoms with Crippen LogP contribution in [0.3, 0.4) is 0 Å². The molecule has 2 unspecified atom stereocenters. The largest absolute Gasteiger partial charge is 0.459 e. The molecule has 21 heavy (non-hydrogen) atoms. The summed E-state index contributed by atoms with van der Waals surface area (Å²) in [7, 11) is 3.60. The summed E-state index contributed by atoms with van der Waals surface area (Å²) in [6.07, 6.45) is 3.51. The van der Waals surface area contributed by atoms with E-state index in [0.717, 1.165) is 42.0 Å². The van der Waals surface area contributed by atoms with Gasteiger partial charge in [-0.05, 0) is 20.0 Å². The van der Waals surface area contributed by atoms with Gasteiger partial charge in [0, 0.05) is 31.9 Å². The molecule has 2 heterocycles. The Labute approximate surface area is 124 Å². The molecule has 0 spiro atoms. The van der Waals surface area contributed by atoms with Crippen molar-refractivity contribution < 1.29 is 9.15 Å². The minimum Gasteiger partial charge on any atom is -0.459 e. The number of anilines is 1. The van der Waals surface area contributed by atoms with E-state index in [2.05, 4.69) is 15.6 Å². The van der Waals surface area contributed by atoms with Gasteiger partial charge in [-0.15, -0.1) is 0 Å². The van der Waals surface area contributed by atoms with Crippen molar-refractivity contribution in [3.05, 3.63) is 17.1 Å². The normalized spacial score (nSPS) is 27.6. The number of nitrogens with one attached hydrogen (secondary N) is 2. The third-order valence-electron chi connectivity index (χ3n) is 4.41. The molecule has 0 fully saturated rings. The summed E-state index contributed by atoms with van der Waals surface area (Å²) >= 11 is 0. The number of guanidine groups is 1. The quantitative estimate of drug-likeness (QED) is 0.633. The molecule has 1 aromatic heterocycles. The van der Waals surface area contributed by atoms with E-state index in [1.165, 1.54) is 0 Å². The maximum absolute atomic E-state index is 6.13. The lowest BCUT2D eigenvalue weighted by Crippen LogP contribution is -2.46. The predicted octanol–water partition coefficient (Wildman–Crippen LogP) is 0.245. The van der Waals surface area contributed by atoms with Gasteiger partial charge in [0.25, 0.3) is 0 Å². The van der Waals surface area contributed by atoms with Crippen LogP contribution in [-0.2, 0) is 23.2 Å². The zero-order valence-electron chi connectivity index (χ0n) is 12.5. The minimum absolute atomic E-state index is 0.222. The van der Waals surface area contributed by atoms with Gasteiger partial charge in [0.05, 0.1) is 11.8 Å². The second-order valence-corrected chi connectivity index (χ2v) is 5.58. The third kappa shape index (κ3) is 2.21. The van der Waals surface area contributed by atoms with Crippen molar-refractivity contribution in [2.75, 3.05) is 26.0 Å². The highest BCUT2D eigenvalue weighted by Gasteiger charge is 2.42. The molecule has 0 saturated carbocycles. The summed E-state index contributed by atoms with van der Waals surface area (Å²) < 4.78 is 11.6. The summed E-state index contributed by atoms with van der Waals surface area (Å²) in [6.45, 7) is 0.489. The number of ether oxygens (including phenoxy) is 1. The number of methoxy groups -OCH3 is 1. The molecule has 2 aliphatic rings. The van der Waals surface area contributed by atoms with Crippen LogP contribution >= 0.6 is 0 Å². The van der Waals surface area contributed by atoms with Crippen molar-refractivity contribution in [1.82, 2.24) is 5.32 Å². The molecule has 0 amide bonds. The van der Waals surface area contributed by atoms with Crippen LogP contribution in [0.15, 0.2) is 9.41 Å². The number of fused-ring (bicyclic) bond motifs is 3. The summed E-state index contributed by atoms with van der Waals surface area (Å²) in [4.78, 5) is 4.51. The Bertz CT molecular complexity index is 568. The zero-order chi connectivity index (χ0) is 15.0. The van der Waals surface area contributed by atoms with E-state index in [1.807, 2.05) is 7.05 Å². The lowest BCUT2D eigenvalue weighted by atomic mass is 9.92. The average Bonchev–Trinajstić information content (AvgIpc) is 2.85. The first-order valence-electron chi connectivity index (χ1n) is 7.32. The molecule has 1 aliphatic carbocycles. The molecule has 0 saturated heterocycles. The van der Waals surface area contributed by atoms with E-state index in [0.29, 0.717) is 18.9 Å². The Hall–Kier alpha value is -1.57. The van der Waals surface area contributed by atoms with E-state index in [-0.39, 0.29) is 6.10 Å². The van der Waals surface area contributed by atoms with E-state index >= 15 is 0 Å². The molecule has 0 radical (unpaired) electrons. The van der Waals surface area contributed by atoms with Gasteiger partial charge in [-0.25, -0.2) is 4.99 Å². The van der Waals surface area contributed by atoms with Crippen molar-refractivity contribution >= 4 is 11.6 Å². The minimum atomic E-state index is -0.681. The van der Waals surface area contributed by atoms with E-state index in [1.54, 1.807) is 7.11 Å². The van der Waals surface area contributed by atoms with Gasteiger partial charge < -0.3 is 25.9 Å². The number of nitrogens with zero attached hydrogens (tertiary/aromatic N) is 1. The Morgan fingerprint density at radius 3 is 3.05 bits per heavy atom. The first kappa shape index (κ1) is 14.4. The number of hydrogen-bond donors (Lipinski definition) is 4. The Morgan fingerprint density at radius 1 is 1.57 bits per heavy atom. The number of aliphatic imine (C=N–C) groups is 1. The summed E-state index contributed by atoms with van der Waals surface area (Å²) in [5.74, 6) is 2.17. The number of furan rings is 1. The Balaban J connectivity index is 2.08. The molecule has 116 valence electrons. The smallest absolute Gasteiger partial charge is 0.195 e. The van der Waals surface area contributed by atoms with Crippen LogP contribution < -0.4 is 22.1 Å². The van der Waals surface area contributed by atoms with E-state index in [9.17, 15) is 0 Å². The van der Waals surface area contributed by atoms with Crippen molar-refractivity contribution in [2.45, 2.75) is 37.5 Å². The molecule has 7 heteroatoms. The van der Waals surface area contributed by atoms with Gasteiger partial charge >= 0.3 is 0 Å². The van der Waals surface area contributed by atoms with Gasteiger partial charge in [0.2, 0.25) is 0 Å². The lowest BCUT2D eigenvalue weighted by Gasteiger charge is -2.32. The van der Waals surface area contributed by atoms with Crippen LogP contribution in [-0.4, -0.2) is 32.8 Å². The number of nitrogens with two attached hydrogens (primary N) is 2. The molecule has 6 N–H and O–H groups in total. The molecule has 1 aliphatic heterocycles. The fourth-order valence-electron chi connectivity index (χ4n) is 3.26. The molecular formula is C14H23N5O2. The average molecular weight is 293 g/mol. The van der Waals surface area contributed by atoms with Crippen molar-refractivity contribution in [2.24, 2.45) is 16.5 Å². The topological polar surface area (TPSA) is 111 Å². The highest BCUT2D eigenvalue weighted by Crippen LogP contribution is 2.43. The van der Waals surface area contributed by atoms with Crippen LogP contribution in [0, 0.1) is 0 Å². The van der Waals surface area contributed by atoms with Crippen LogP contribution in [0.4, 0.5) is 5.69 Å². The van der Waals surface area contributed by atoms with Gasteiger partial charge in [0.15, 0.2) is 17.4 Å². The molecular weight excluding hydrogens is 270 g/mol. The second-order valence-electron chi connectivity index (χ2n) is 5.58. The molecule has 0 aromatic carbocycles. The number of rotatable bonds is 4. The van der Waals surface area contributed by atoms with Gasteiger partial charge in [0.1, 0.15) is 5.76 Å². The SMILES string of the molecule is CNC1(CCN)N=C(N)Nc2c1oc1c2CC(OC)CC1. The van der Waals surface area contributed by atoms with Crippen LogP contribution in [0.2, 0.25) is 0 Å². The maximum atomic E-state index is 6.13. The van der Waals surface area contributed by atoms with Crippen molar-refractivity contribution in [3.63, 3.8) is 0 Å². The van der Waals surface area contributed by atoms with Gasteiger partial charge in [-0.2, -0.15) is 0 Å². The Kier molecular flexibility index (Phi) is 3.64. The summed E-state index contributed by atoms with van der Waals surface area (Å²) in [6, 6.07) is 0. The molecule has 0 bridgehead atoms. The zero-order valence-corrected chi connectivity index (χ0v) is 12.5. The monoisotopic (exact) mass is 293 g/mol. The van der Waals surface area contributed by atoms with Gasteiger partial charge in [-0.1, -0.05) is 0 Å². The fourth-order valence-corrected chi connectivity index (χ4v) is 3.26. The first-order valence-corrected chi connectivity index (χ1v) is 7.32. The van der Waals surface area contributed by atoms with E-state index in [4.69, 9.17) is 20.6 Å². The highest BCUT2D eigenvalue weighted by atomic mass is 16.5. The molecule has 2 atom stereocenters. The Morgan fingerprint density at radius 2 is 2.38 bits per heavy atom. The second kappa shape index (κ2) is 5.32. The molecule has 3 rings (SSSR count). The van der Waals surface area contributed by atoms with Gasteiger partial charge in [-0.3, -0.25) is 5.32 Å². The standard InChI is InChI=1S/C14H23N5O2/c1-17-14(5-6-15)12-11(18-13(16)19-14)9-7-8(20-2)3-4-10(9)21-12/h8,17H,3-7,15H2,1-2H3,(H3,16,18,19). The molecule has 7 nitrogen and oxygen atoms in total. The van der Waals surface area contributed by atoms with Crippen molar-refractivity contribution in [1.29, 1.82) is 0 Å². The molecule has 1 aromatic rings. The number of hydrogen-bond acceptors (Lipinski definition) is 7. The van der Waals surface area contributed by atoms with Crippen LogP contribution in [0.25, 0.3) is 0 Å². The van der Waals surface area contributed by atoms with E-state index < -0.39 is 5.66 Å². The third-order valence-corrected chi connectivity index (χ3v) is 4.41. The van der Waals surface area contributed by atoms with Crippen LogP contribution in [0.5, 0.6) is 0 Å². The lowest BCUT2D eigenvalue weighted by molar-refractivity contribution is 0.0884. The summed E-state index contributed by atoms with van der Waals surface area (Å²) in [5.41, 5.74) is 13.1. The van der Waals surface area contributed by atoms with Crippen LogP contribution in [0.1, 0.15) is 29.9 Å². The number of aryl methyl sites for hydroxylation is 1. The first-order chi connectivity index (χ1) is 10.1. The summed E-state index contributed by atoms with van der Waals surface area (Å²) in [5, 5.41) is 6.38. The fraction of sp³-hybridized carbons (Fsp3) is 0.643.